The van der Waals surface area contributed by atoms with Gasteiger partial charge >= 0.3 is 12.6 Å². The minimum Gasteiger partial charge on any atom is -0.490 e. The zero-order valence-corrected chi connectivity index (χ0v) is 16.1. The smallest absolute Gasteiger partial charge is 0.387 e. The number of carbonyl (C=O) groups excluding carboxylic acids is 1. The van der Waals surface area contributed by atoms with E-state index in [0.29, 0.717) is 28.4 Å². The summed E-state index contributed by atoms with van der Waals surface area (Å²) in [6, 6.07) is 3.92. The first kappa shape index (κ1) is 20.9. The molecule has 6 nitrogen and oxygen atoms in total. The number of thiocarbonyl (C=S) groups is 1. The van der Waals surface area contributed by atoms with E-state index in [1.54, 1.807) is 19.1 Å². The maximum atomic E-state index is 12.6. The molecule has 0 bridgehead atoms. The third kappa shape index (κ3) is 5.06. The van der Waals surface area contributed by atoms with E-state index in [0.717, 1.165) is 6.42 Å². The molecule has 0 amide bonds. The van der Waals surface area contributed by atoms with Crippen LogP contribution in [0.1, 0.15) is 38.3 Å². The van der Waals surface area contributed by atoms with Crippen LogP contribution in [0.5, 0.6) is 11.5 Å². The Morgan fingerprint density at radius 3 is 2.63 bits per heavy atom. The van der Waals surface area contributed by atoms with Crippen molar-refractivity contribution in [3.05, 3.63) is 35.0 Å². The highest BCUT2D eigenvalue weighted by molar-refractivity contribution is 7.80. The molecule has 0 radical (unpaired) electrons. The van der Waals surface area contributed by atoms with Crippen molar-refractivity contribution < 1.29 is 27.8 Å². The number of benzene rings is 1. The minimum absolute atomic E-state index is 0.0792. The van der Waals surface area contributed by atoms with Gasteiger partial charge in [-0.05, 0) is 43.3 Å². The van der Waals surface area contributed by atoms with Gasteiger partial charge in [-0.25, -0.2) is 4.79 Å². The van der Waals surface area contributed by atoms with Crippen LogP contribution in [0.15, 0.2) is 29.5 Å². The first-order chi connectivity index (χ1) is 12.9. The molecular weight excluding hydrogens is 378 g/mol. The fourth-order valence-corrected chi connectivity index (χ4v) is 3.07. The molecule has 0 aliphatic carbocycles. The number of halogens is 2. The molecule has 27 heavy (non-hydrogen) atoms. The third-order valence-electron chi connectivity index (χ3n) is 3.88. The molecule has 1 aromatic rings. The van der Waals surface area contributed by atoms with Crippen LogP contribution in [0.4, 0.5) is 8.78 Å². The predicted octanol–water partition coefficient (Wildman–Crippen LogP) is 3.43. The summed E-state index contributed by atoms with van der Waals surface area (Å²) < 4.78 is 40.1. The number of ether oxygens (including phenoxy) is 3. The van der Waals surface area contributed by atoms with E-state index in [1.807, 2.05) is 6.92 Å². The molecule has 0 saturated carbocycles. The SMILES string of the molecule is CCCC1=C(C(=O)OC)[C@@H](c2ccc(OC(F)F)c(OCC)c2)NC(=S)N1. The number of esters is 1. The van der Waals surface area contributed by atoms with Gasteiger partial charge in [0.2, 0.25) is 0 Å². The molecule has 148 valence electrons. The number of rotatable bonds is 8. The molecule has 9 heteroatoms. The van der Waals surface area contributed by atoms with Gasteiger partial charge < -0.3 is 24.8 Å². The minimum atomic E-state index is -2.97. The summed E-state index contributed by atoms with van der Waals surface area (Å²) in [5.41, 5.74) is 1.67. The summed E-state index contributed by atoms with van der Waals surface area (Å²) in [5, 5.41) is 6.40. The second kappa shape index (κ2) is 9.50. The lowest BCUT2D eigenvalue weighted by Crippen LogP contribution is -2.45. The molecule has 0 unspecified atom stereocenters. The van der Waals surface area contributed by atoms with Crippen LogP contribution in [-0.4, -0.2) is 31.4 Å². The standard InChI is InChI=1S/C18H22F2N2O4S/c1-4-6-11-14(16(23)24-3)15(22-18(27)21-11)10-7-8-12(26-17(19)20)13(9-10)25-5-2/h7-9,15,17H,4-6H2,1-3H3,(H2,21,22,27)/t15-/m1/s1. The van der Waals surface area contributed by atoms with Crippen LogP contribution in [0.25, 0.3) is 0 Å². The van der Waals surface area contributed by atoms with Gasteiger partial charge in [0.1, 0.15) is 0 Å². The lowest BCUT2D eigenvalue weighted by Gasteiger charge is -2.31. The molecule has 0 fully saturated rings. The Hall–Kier alpha value is -2.42. The highest BCUT2D eigenvalue weighted by Crippen LogP contribution is 2.36. The molecule has 0 spiro atoms. The molecule has 0 aromatic heterocycles. The van der Waals surface area contributed by atoms with Gasteiger partial charge in [0.15, 0.2) is 16.6 Å². The quantitative estimate of drug-likeness (QED) is 0.512. The Balaban J connectivity index is 2.52. The van der Waals surface area contributed by atoms with Gasteiger partial charge in [0.25, 0.3) is 0 Å². The maximum Gasteiger partial charge on any atom is 0.387 e. The van der Waals surface area contributed by atoms with Crippen molar-refractivity contribution in [2.24, 2.45) is 0 Å². The van der Waals surface area contributed by atoms with E-state index >= 15 is 0 Å². The van der Waals surface area contributed by atoms with E-state index in [1.165, 1.54) is 13.2 Å². The number of carbonyl (C=O) groups is 1. The molecule has 1 aliphatic rings. The van der Waals surface area contributed by atoms with Crippen molar-refractivity contribution in [2.75, 3.05) is 13.7 Å². The Kier molecular flexibility index (Phi) is 7.35. The van der Waals surface area contributed by atoms with Crippen molar-refractivity contribution >= 4 is 23.3 Å². The van der Waals surface area contributed by atoms with Crippen LogP contribution in [0, 0.1) is 0 Å². The normalized spacial score (nSPS) is 16.7. The lowest BCUT2D eigenvalue weighted by molar-refractivity contribution is -0.136. The number of nitrogens with one attached hydrogen (secondary N) is 2. The Morgan fingerprint density at radius 2 is 2.04 bits per heavy atom. The maximum absolute atomic E-state index is 12.6. The van der Waals surface area contributed by atoms with Crippen LogP contribution < -0.4 is 20.1 Å². The van der Waals surface area contributed by atoms with E-state index < -0.39 is 18.6 Å². The molecule has 1 heterocycles. The van der Waals surface area contributed by atoms with E-state index in [2.05, 4.69) is 15.4 Å². The second-order valence-corrected chi connectivity index (χ2v) is 6.09. The van der Waals surface area contributed by atoms with Crippen molar-refractivity contribution in [2.45, 2.75) is 39.3 Å². The summed E-state index contributed by atoms with van der Waals surface area (Å²) in [5.74, 6) is -0.427. The zero-order valence-electron chi connectivity index (χ0n) is 15.3. The summed E-state index contributed by atoms with van der Waals surface area (Å²) in [4.78, 5) is 12.4. The van der Waals surface area contributed by atoms with E-state index in [-0.39, 0.29) is 18.1 Å². The highest BCUT2D eigenvalue weighted by atomic mass is 32.1. The first-order valence-electron chi connectivity index (χ1n) is 8.51. The highest BCUT2D eigenvalue weighted by Gasteiger charge is 2.32. The van der Waals surface area contributed by atoms with Crippen molar-refractivity contribution in [3.63, 3.8) is 0 Å². The monoisotopic (exact) mass is 400 g/mol. The van der Waals surface area contributed by atoms with Crippen molar-refractivity contribution in [1.29, 1.82) is 0 Å². The summed E-state index contributed by atoms with van der Waals surface area (Å²) in [6.45, 7) is 1.01. The van der Waals surface area contributed by atoms with Crippen molar-refractivity contribution in [3.8, 4) is 11.5 Å². The van der Waals surface area contributed by atoms with E-state index in [9.17, 15) is 13.6 Å². The Morgan fingerprint density at radius 1 is 1.30 bits per heavy atom. The van der Waals surface area contributed by atoms with Gasteiger partial charge in [-0.15, -0.1) is 0 Å². The predicted molar refractivity (Wildman–Crippen MR) is 99.8 cm³/mol. The van der Waals surface area contributed by atoms with Crippen LogP contribution in [-0.2, 0) is 9.53 Å². The topological polar surface area (TPSA) is 68.8 Å². The molecule has 2 rings (SSSR count). The first-order valence-corrected chi connectivity index (χ1v) is 8.92. The number of methoxy groups -OCH3 is 1. The van der Waals surface area contributed by atoms with E-state index in [4.69, 9.17) is 21.7 Å². The van der Waals surface area contributed by atoms with Gasteiger partial charge in [0, 0.05) is 5.70 Å². The number of hydrogen-bond acceptors (Lipinski definition) is 5. The Labute approximate surface area is 161 Å². The van der Waals surface area contributed by atoms with Gasteiger partial charge in [-0.2, -0.15) is 8.78 Å². The molecular formula is C18H22F2N2O4S. The average Bonchev–Trinajstić information content (AvgIpc) is 2.62. The van der Waals surface area contributed by atoms with Crippen LogP contribution in [0.3, 0.4) is 0 Å². The van der Waals surface area contributed by atoms with Crippen LogP contribution >= 0.6 is 12.2 Å². The summed E-state index contributed by atoms with van der Waals surface area (Å²) >= 11 is 5.25. The molecule has 1 aliphatic heterocycles. The Bertz CT molecular complexity index is 740. The molecule has 1 atom stereocenters. The van der Waals surface area contributed by atoms with Gasteiger partial charge in [-0.1, -0.05) is 19.4 Å². The summed E-state index contributed by atoms with van der Waals surface area (Å²) in [6.07, 6.45) is 1.40. The van der Waals surface area contributed by atoms with Crippen LogP contribution in [0.2, 0.25) is 0 Å². The lowest BCUT2D eigenvalue weighted by atomic mass is 9.93. The fourth-order valence-electron chi connectivity index (χ4n) is 2.83. The summed E-state index contributed by atoms with van der Waals surface area (Å²) in [7, 11) is 1.30. The zero-order chi connectivity index (χ0) is 20.0. The molecule has 0 saturated heterocycles. The largest absolute Gasteiger partial charge is 0.490 e. The van der Waals surface area contributed by atoms with Gasteiger partial charge in [-0.3, -0.25) is 0 Å². The van der Waals surface area contributed by atoms with Gasteiger partial charge in [0.05, 0.1) is 25.3 Å². The number of alkyl halides is 2. The third-order valence-corrected chi connectivity index (χ3v) is 4.10. The van der Waals surface area contributed by atoms with Crippen molar-refractivity contribution in [1.82, 2.24) is 10.6 Å². The molecule has 1 aromatic carbocycles. The fraction of sp³-hybridized carbons (Fsp3) is 0.444. The number of hydrogen-bond donors (Lipinski definition) is 2. The number of allylic oxidation sites excluding steroid dienone is 1. The second-order valence-electron chi connectivity index (χ2n) is 5.68. The molecule has 2 N–H and O–H groups in total. The average molecular weight is 400 g/mol.